The minimum Gasteiger partial charge on any atom is -0.383 e. The Morgan fingerprint density at radius 3 is 2.94 bits per heavy atom. The van der Waals surface area contributed by atoms with Gasteiger partial charge in [0.05, 0.1) is 6.61 Å². The van der Waals surface area contributed by atoms with Crippen LogP contribution in [0, 0.1) is 5.92 Å². The Hall–Kier alpha value is -0.120. The van der Waals surface area contributed by atoms with E-state index in [-0.39, 0.29) is 5.54 Å². The van der Waals surface area contributed by atoms with Crippen LogP contribution in [0.15, 0.2) is 0 Å². The number of piperidine rings is 1. The lowest BCUT2D eigenvalue weighted by Gasteiger charge is -2.36. The Morgan fingerprint density at radius 2 is 2.22 bits per heavy atom. The topological polar surface area (TPSA) is 24.5 Å². The number of hydrogen-bond donors (Lipinski definition) is 1. The van der Waals surface area contributed by atoms with Gasteiger partial charge in [-0.15, -0.1) is 0 Å². The lowest BCUT2D eigenvalue weighted by atomic mass is 9.88. The molecule has 0 aromatic heterocycles. The Bertz CT molecular complexity index is 259. The SMILES string of the molecule is CCN1CCCCC1CC1CNC(C)(COC)C1. The second-order valence-corrected chi connectivity index (χ2v) is 6.46. The Labute approximate surface area is 112 Å². The van der Waals surface area contributed by atoms with E-state index in [4.69, 9.17) is 4.74 Å². The van der Waals surface area contributed by atoms with Crippen molar-refractivity contribution in [2.45, 2.75) is 57.5 Å². The van der Waals surface area contributed by atoms with Gasteiger partial charge in [-0.3, -0.25) is 0 Å². The lowest BCUT2D eigenvalue weighted by Crippen LogP contribution is -2.40. The fourth-order valence-electron chi connectivity index (χ4n) is 3.90. The largest absolute Gasteiger partial charge is 0.383 e. The molecule has 0 saturated carbocycles. The normalized spacial score (nSPS) is 38.2. The summed E-state index contributed by atoms with van der Waals surface area (Å²) in [6, 6.07) is 0.834. The number of rotatable bonds is 5. The van der Waals surface area contributed by atoms with E-state index in [1.54, 1.807) is 7.11 Å². The minimum atomic E-state index is 0.213. The van der Waals surface area contributed by atoms with Crippen molar-refractivity contribution in [2.24, 2.45) is 5.92 Å². The molecule has 0 aromatic rings. The molecule has 1 N–H and O–H groups in total. The first-order chi connectivity index (χ1) is 8.67. The molecule has 0 aliphatic carbocycles. The second-order valence-electron chi connectivity index (χ2n) is 6.46. The molecule has 106 valence electrons. The Balaban J connectivity index is 1.83. The summed E-state index contributed by atoms with van der Waals surface area (Å²) in [6.45, 7) is 9.16. The minimum absolute atomic E-state index is 0.213. The summed E-state index contributed by atoms with van der Waals surface area (Å²) in [7, 11) is 1.81. The number of likely N-dealkylation sites (tertiary alicyclic amines) is 1. The second kappa shape index (κ2) is 6.36. The average molecular weight is 254 g/mol. The van der Waals surface area contributed by atoms with E-state index in [1.807, 2.05) is 0 Å². The van der Waals surface area contributed by atoms with Gasteiger partial charge in [0.25, 0.3) is 0 Å². The van der Waals surface area contributed by atoms with Crippen LogP contribution in [0.1, 0.15) is 46.0 Å². The van der Waals surface area contributed by atoms with Crippen LogP contribution in [-0.2, 0) is 4.74 Å². The number of ether oxygens (including phenoxy) is 1. The molecule has 2 heterocycles. The molecule has 2 aliphatic rings. The third kappa shape index (κ3) is 3.46. The molecule has 0 aromatic carbocycles. The first-order valence-electron chi connectivity index (χ1n) is 7.65. The molecule has 3 atom stereocenters. The molecular weight excluding hydrogens is 224 g/mol. The first-order valence-corrected chi connectivity index (χ1v) is 7.65. The monoisotopic (exact) mass is 254 g/mol. The third-order valence-corrected chi connectivity index (χ3v) is 4.78. The van der Waals surface area contributed by atoms with Gasteiger partial charge in [-0.05, 0) is 58.2 Å². The van der Waals surface area contributed by atoms with Crippen LogP contribution in [0.5, 0.6) is 0 Å². The quantitative estimate of drug-likeness (QED) is 0.814. The summed E-state index contributed by atoms with van der Waals surface area (Å²) < 4.78 is 5.34. The van der Waals surface area contributed by atoms with Gasteiger partial charge in [0.1, 0.15) is 0 Å². The number of nitrogens with one attached hydrogen (secondary N) is 1. The molecule has 2 rings (SSSR count). The number of methoxy groups -OCH3 is 1. The zero-order valence-electron chi connectivity index (χ0n) is 12.4. The van der Waals surface area contributed by atoms with Crippen molar-refractivity contribution in [3.8, 4) is 0 Å². The third-order valence-electron chi connectivity index (χ3n) is 4.78. The molecular formula is C15H30N2O. The molecule has 3 unspecified atom stereocenters. The smallest absolute Gasteiger partial charge is 0.0641 e. The molecule has 2 fully saturated rings. The molecule has 2 saturated heterocycles. The standard InChI is InChI=1S/C15H30N2O/c1-4-17-8-6-5-7-14(17)9-13-10-15(2,12-18-3)16-11-13/h13-14,16H,4-12H2,1-3H3. The van der Waals surface area contributed by atoms with E-state index in [0.717, 1.165) is 18.6 Å². The van der Waals surface area contributed by atoms with Crippen LogP contribution < -0.4 is 5.32 Å². The van der Waals surface area contributed by atoms with Crippen molar-refractivity contribution >= 4 is 0 Å². The molecule has 0 amide bonds. The highest BCUT2D eigenvalue weighted by Crippen LogP contribution is 2.31. The molecule has 2 aliphatic heterocycles. The highest BCUT2D eigenvalue weighted by atomic mass is 16.5. The summed E-state index contributed by atoms with van der Waals surface area (Å²) >= 11 is 0. The van der Waals surface area contributed by atoms with Crippen LogP contribution in [-0.4, -0.2) is 49.8 Å². The zero-order valence-corrected chi connectivity index (χ0v) is 12.4. The highest BCUT2D eigenvalue weighted by Gasteiger charge is 2.36. The fourth-order valence-corrected chi connectivity index (χ4v) is 3.90. The first kappa shape index (κ1) is 14.3. The van der Waals surface area contributed by atoms with Gasteiger partial charge in [0.15, 0.2) is 0 Å². The van der Waals surface area contributed by atoms with Crippen molar-refractivity contribution in [1.29, 1.82) is 0 Å². The van der Waals surface area contributed by atoms with Crippen molar-refractivity contribution < 1.29 is 4.74 Å². The lowest BCUT2D eigenvalue weighted by molar-refractivity contribution is 0.118. The molecule has 0 spiro atoms. The fraction of sp³-hybridized carbons (Fsp3) is 1.00. The van der Waals surface area contributed by atoms with E-state index in [0.29, 0.717) is 0 Å². The van der Waals surface area contributed by atoms with Gasteiger partial charge >= 0.3 is 0 Å². The summed E-state index contributed by atoms with van der Waals surface area (Å²) in [4.78, 5) is 2.69. The van der Waals surface area contributed by atoms with Gasteiger partial charge in [0.2, 0.25) is 0 Å². The van der Waals surface area contributed by atoms with E-state index in [1.165, 1.54) is 51.7 Å². The maximum absolute atomic E-state index is 5.34. The van der Waals surface area contributed by atoms with Crippen LogP contribution in [0.2, 0.25) is 0 Å². The molecule has 3 nitrogen and oxygen atoms in total. The van der Waals surface area contributed by atoms with E-state index in [2.05, 4.69) is 24.1 Å². The summed E-state index contributed by atoms with van der Waals surface area (Å²) in [5.41, 5.74) is 0.213. The predicted octanol–water partition coefficient (Wildman–Crippen LogP) is 2.27. The van der Waals surface area contributed by atoms with Crippen molar-refractivity contribution in [2.75, 3.05) is 33.4 Å². The van der Waals surface area contributed by atoms with E-state index in [9.17, 15) is 0 Å². The van der Waals surface area contributed by atoms with Crippen molar-refractivity contribution in [3.63, 3.8) is 0 Å². The summed E-state index contributed by atoms with van der Waals surface area (Å²) in [5, 5.41) is 3.66. The van der Waals surface area contributed by atoms with Crippen LogP contribution in [0.4, 0.5) is 0 Å². The molecule has 0 bridgehead atoms. The average Bonchev–Trinajstić information content (AvgIpc) is 2.72. The zero-order chi connectivity index (χ0) is 13.0. The summed E-state index contributed by atoms with van der Waals surface area (Å²) in [6.07, 6.45) is 6.88. The van der Waals surface area contributed by atoms with Crippen LogP contribution in [0.3, 0.4) is 0 Å². The predicted molar refractivity (Wildman–Crippen MR) is 75.9 cm³/mol. The van der Waals surface area contributed by atoms with E-state index < -0.39 is 0 Å². The van der Waals surface area contributed by atoms with E-state index >= 15 is 0 Å². The molecule has 3 heteroatoms. The maximum atomic E-state index is 5.34. The maximum Gasteiger partial charge on any atom is 0.0641 e. The van der Waals surface area contributed by atoms with Crippen molar-refractivity contribution in [1.82, 2.24) is 10.2 Å². The van der Waals surface area contributed by atoms with Crippen LogP contribution >= 0.6 is 0 Å². The highest BCUT2D eigenvalue weighted by molar-refractivity contribution is 4.94. The number of nitrogens with zero attached hydrogens (tertiary/aromatic N) is 1. The van der Waals surface area contributed by atoms with Gasteiger partial charge in [-0.2, -0.15) is 0 Å². The molecule has 18 heavy (non-hydrogen) atoms. The van der Waals surface area contributed by atoms with Gasteiger partial charge in [0, 0.05) is 18.7 Å². The van der Waals surface area contributed by atoms with Crippen LogP contribution in [0.25, 0.3) is 0 Å². The number of hydrogen-bond acceptors (Lipinski definition) is 3. The Morgan fingerprint density at radius 1 is 1.39 bits per heavy atom. The van der Waals surface area contributed by atoms with Gasteiger partial charge in [-0.25, -0.2) is 0 Å². The van der Waals surface area contributed by atoms with Gasteiger partial charge < -0.3 is 15.0 Å². The Kier molecular flexibility index (Phi) is 5.05. The van der Waals surface area contributed by atoms with Crippen molar-refractivity contribution in [3.05, 3.63) is 0 Å². The molecule has 0 radical (unpaired) electrons. The van der Waals surface area contributed by atoms with Gasteiger partial charge in [-0.1, -0.05) is 13.3 Å². The summed E-state index contributed by atoms with van der Waals surface area (Å²) in [5.74, 6) is 0.835.